The molecule has 0 aromatic carbocycles. The van der Waals surface area contributed by atoms with Crippen LogP contribution in [0, 0.1) is 0 Å². The average Bonchev–Trinajstić information content (AvgIpc) is 2.76. The predicted octanol–water partition coefficient (Wildman–Crippen LogP) is 0.184. The second-order valence-corrected chi connectivity index (χ2v) is 4.60. The molecule has 5 nitrogen and oxygen atoms in total. The zero-order chi connectivity index (χ0) is 11.4. The van der Waals surface area contributed by atoms with Crippen molar-refractivity contribution in [2.24, 2.45) is 5.73 Å². The molecule has 1 aromatic heterocycles. The Morgan fingerprint density at radius 3 is 2.94 bits per heavy atom. The molecule has 1 saturated heterocycles. The van der Waals surface area contributed by atoms with Crippen LogP contribution in [0.5, 0.6) is 0 Å². The SMILES string of the molecule is NC(=O)c1csc(CNN2CCOCC2)c1. The molecule has 1 aliphatic rings. The average molecular weight is 241 g/mol. The van der Waals surface area contributed by atoms with Gasteiger partial charge in [-0.2, -0.15) is 0 Å². The van der Waals surface area contributed by atoms with Gasteiger partial charge in [0.1, 0.15) is 0 Å². The van der Waals surface area contributed by atoms with Crippen molar-refractivity contribution < 1.29 is 9.53 Å². The first kappa shape index (κ1) is 11.5. The molecule has 0 atom stereocenters. The van der Waals surface area contributed by atoms with E-state index in [0.717, 1.165) is 37.7 Å². The van der Waals surface area contributed by atoms with Gasteiger partial charge in [0.25, 0.3) is 0 Å². The van der Waals surface area contributed by atoms with Crippen LogP contribution < -0.4 is 11.2 Å². The summed E-state index contributed by atoms with van der Waals surface area (Å²) in [5.41, 5.74) is 9.08. The van der Waals surface area contributed by atoms with E-state index < -0.39 is 0 Å². The van der Waals surface area contributed by atoms with E-state index in [-0.39, 0.29) is 5.91 Å². The first-order chi connectivity index (χ1) is 7.75. The molecule has 0 radical (unpaired) electrons. The second-order valence-electron chi connectivity index (χ2n) is 3.60. The number of primary amides is 1. The van der Waals surface area contributed by atoms with E-state index in [2.05, 4.69) is 10.4 Å². The van der Waals surface area contributed by atoms with Crippen molar-refractivity contribution in [2.75, 3.05) is 26.3 Å². The maximum absolute atomic E-state index is 10.9. The number of nitrogens with one attached hydrogen (secondary N) is 1. The molecule has 3 N–H and O–H groups in total. The highest BCUT2D eigenvalue weighted by Gasteiger charge is 2.10. The third-order valence-electron chi connectivity index (χ3n) is 2.43. The number of ether oxygens (including phenoxy) is 1. The lowest BCUT2D eigenvalue weighted by Crippen LogP contribution is -2.45. The highest BCUT2D eigenvalue weighted by Crippen LogP contribution is 2.14. The molecule has 0 bridgehead atoms. The number of hydrogen-bond donors (Lipinski definition) is 2. The number of amides is 1. The maximum atomic E-state index is 10.9. The first-order valence-electron chi connectivity index (χ1n) is 5.19. The number of hydrogen-bond acceptors (Lipinski definition) is 5. The largest absolute Gasteiger partial charge is 0.379 e. The molecule has 0 saturated carbocycles. The van der Waals surface area contributed by atoms with Crippen LogP contribution in [0.3, 0.4) is 0 Å². The summed E-state index contributed by atoms with van der Waals surface area (Å²) >= 11 is 1.55. The topological polar surface area (TPSA) is 67.6 Å². The van der Waals surface area contributed by atoms with Crippen LogP contribution in [0.2, 0.25) is 0 Å². The van der Waals surface area contributed by atoms with E-state index in [1.807, 2.05) is 6.07 Å². The van der Waals surface area contributed by atoms with Gasteiger partial charge in [-0.15, -0.1) is 11.3 Å². The van der Waals surface area contributed by atoms with Gasteiger partial charge in [0.05, 0.1) is 18.8 Å². The molecule has 6 heteroatoms. The van der Waals surface area contributed by atoms with E-state index in [9.17, 15) is 4.79 Å². The summed E-state index contributed by atoms with van der Waals surface area (Å²) in [4.78, 5) is 12.0. The Bertz CT molecular complexity index is 361. The third-order valence-corrected chi connectivity index (χ3v) is 3.36. The number of carbonyl (C=O) groups excluding carboxylic acids is 1. The number of carbonyl (C=O) groups is 1. The Balaban J connectivity index is 1.81. The van der Waals surface area contributed by atoms with Gasteiger partial charge in [-0.05, 0) is 6.07 Å². The van der Waals surface area contributed by atoms with Gasteiger partial charge < -0.3 is 10.5 Å². The van der Waals surface area contributed by atoms with Crippen LogP contribution in [0.1, 0.15) is 15.2 Å². The molecule has 0 spiro atoms. The predicted molar refractivity (Wildman–Crippen MR) is 62.1 cm³/mol. The van der Waals surface area contributed by atoms with E-state index in [1.54, 1.807) is 16.7 Å². The van der Waals surface area contributed by atoms with Crippen LogP contribution >= 0.6 is 11.3 Å². The third kappa shape index (κ3) is 3.02. The van der Waals surface area contributed by atoms with Crippen molar-refractivity contribution in [1.29, 1.82) is 0 Å². The van der Waals surface area contributed by atoms with E-state index in [1.165, 1.54) is 0 Å². The molecule has 2 heterocycles. The number of thiophene rings is 1. The van der Waals surface area contributed by atoms with Gasteiger partial charge in [-0.1, -0.05) is 0 Å². The van der Waals surface area contributed by atoms with E-state index in [0.29, 0.717) is 5.56 Å². The number of morpholine rings is 1. The highest BCUT2D eigenvalue weighted by atomic mass is 32.1. The van der Waals surface area contributed by atoms with Gasteiger partial charge in [-0.3, -0.25) is 4.79 Å². The summed E-state index contributed by atoms with van der Waals surface area (Å²) in [6.07, 6.45) is 0. The number of nitrogens with zero attached hydrogens (tertiary/aromatic N) is 1. The Morgan fingerprint density at radius 2 is 2.31 bits per heavy atom. The zero-order valence-corrected chi connectivity index (χ0v) is 9.76. The van der Waals surface area contributed by atoms with Gasteiger partial charge in [-0.25, -0.2) is 10.4 Å². The van der Waals surface area contributed by atoms with Crippen LogP contribution in [-0.4, -0.2) is 37.2 Å². The number of nitrogens with two attached hydrogens (primary N) is 1. The molecular weight excluding hydrogens is 226 g/mol. The fourth-order valence-electron chi connectivity index (χ4n) is 1.51. The summed E-state index contributed by atoms with van der Waals surface area (Å²) in [6.45, 7) is 4.06. The van der Waals surface area contributed by atoms with E-state index in [4.69, 9.17) is 10.5 Å². The smallest absolute Gasteiger partial charge is 0.249 e. The monoisotopic (exact) mass is 241 g/mol. The fraction of sp³-hybridized carbons (Fsp3) is 0.500. The molecule has 88 valence electrons. The van der Waals surface area contributed by atoms with Crippen molar-refractivity contribution in [2.45, 2.75) is 6.54 Å². The molecular formula is C10H15N3O2S. The molecule has 1 fully saturated rings. The zero-order valence-electron chi connectivity index (χ0n) is 8.94. The summed E-state index contributed by atoms with van der Waals surface area (Å²) in [5, 5.41) is 3.92. The maximum Gasteiger partial charge on any atom is 0.249 e. The molecule has 0 aliphatic carbocycles. The van der Waals surface area contributed by atoms with E-state index >= 15 is 0 Å². The van der Waals surface area contributed by atoms with Crippen LogP contribution in [0.4, 0.5) is 0 Å². The minimum atomic E-state index is -0.367. The summed E-state index contributed by atoms with van der Waals surface area (Å²) in [7, 11) is 0. The Labute approximate surface area is 98.2 Å². The lowest BCUT2D eigenvalue weighted by Gasteiger charge is -2.26. The van der Waals surface area contributed by atoms with Crippen molar-refractivity contribution >= 4 is 17.2 Å². The van der Waals surface area contributed by atoms with Gasteiger partial charge in [0.2, 0.25) is 5.91 Å². The second kappa shape index (κ2) is 5.40. The van der Waals surface area contributed by atoms with Gasteiger partial charge in [0, 0.05) is 29.9 Å². The lowest BCUT2D eigenvalue weighted by atomic mass is 10.3. The first-order valence-corrected chi connectivity index (χ1v) is 6.07. The Kier molecular flexibility index (Phi) is 3.89. The van der Waals surface area contributed by atoms with Crippen LogP contribution in [0.25, 0.3) is 0 Å². The Hall–Kier alpha value is -0.950. The molecule has 1 amide bonds. The van der Waals surface area contributed by atoms with Crippen LogP contribution in [0.15, 0.2) is 11.4 Å². The number of rotatable bonds is 4. The summed E-state index contributed by atoms with van der Waals surface area (Å²) in [6, 6.07) is 1.83. The van der Waals surface area contributed by atoms with Crippen molar-refractivity contribution in [1.82, 2.24) is 10.4 Å². The molecule has 0 unspecified atom stereocenters. The molecule has 16 heavy (non-hydrogen) atoms. The number of hydrazine groups is 1. The summed E-state index contributed by atoms with van der Waals surface area (Å²) in [5.74, 6) is -0.367. The summed E-state index contributed by atoms with van der Waals surface area (Å²) < 4.78 is 5.25. The standard InChI is InChI=1S/C10H15N3O2S/c11-10(14)8-5-9(16-7-8)6-12-13-1-3-15-4-2-13/h5,7,12H,1-4,6H2,(H2,11,14). The fourth-order valence-corrected chi connectivity index (χ4v) is 2.32. The quantitative estimate of drug-likeness (QED) is 0.789. The normalized spacial score (nSPS) is 17.5. The van der Waals surface area contributed by atoms with Crippen molar-refractivity contribution in [3.63, 3.8) is 0 Å². The minimum absolute atomic E-state index is 0.367. The molecule has 1 aliphatic heterocycles. The van der Waals surface area contributed by atoms with Crippen molar-refractivity contribution in [3.8, 4) is 0 Å². The highest BCUT2D eigenvalue weighted by molar-refractivity contribution is 7.10. The molecule has 2 rings (SSSR count). The van der Waals surface area contributed by atoms with Crippen molar-refractivity contribution in [3.05, 3.63) is 21.9 Å². The minimum Gasteiger partial charge on any atom is -0.379 e. The van der Waals surface area contributed by atoms with Crippen LogP contribution in [-0.2, 0) is 11.3 Å². The molecule has 1 aromatic rings. The van der Waals surface area contributed by atoms with Gasteiger partial charge in [0.15, 0.2) is 0 Å². The lowest BCUT2D eigenvalue weighted by molar-refractivity contribution is 0.0107. The Morgan fingerprint density at radius 1 is 1.56 bits per heavy atom. The van der Waals surface area contributed by atoms with Gasteiger partial charge >= 0.3 is 0 Å².